The molecule has 1 aromatic carbocycles. The van der Waals surface area contributed by atoms with Crippen molar-refractivity contribution in [2.75, 3.05) is 6.54 Å². The summed E-state index contributed by atoms with van der Waals surface area (Å²) in [5.74, 6) is 0.640. The summed E-state index contributed by atoms with van der Waals surface area (Å²) in [6, 6.07) is 9.91. The number of rotatable bonds is 5. The van der Waals surface area contributed by atoms with Crippen LogP contribution in [0.3, 0.4) is 0 Å². The molecule has 1 nitrogen and oxygen atoms in total. The largest absolute Gasteiger partial charge is 0.314 e. The standard InChI is InChI=1S/C16H25N/c1-13(2)15-9-7-14(8-10-15)11-12-17-16-5-3-4-6-16/h7-10,13,16-17H,3-6,11-12H2,1-2H3. The van der Waals surface area contributed by atoms with Gasteiger partial charge in [-0.25, -0.2) is 0 Å². The fraction of sp³-hybridized carbons (Fsp3) is 0.625. The molecular formula is C16H25N. The maximum Gasteiger partial charge on any atom is 0.00671 e. The molecule has 1 aromatic rings. The Balaban J connectivity index is 1.74. The monoisotopic (exact) mass is 231 g/mol. The maximum atomic E-state index is 3.67. The highest BCUT2D eigenvalue weighted by molar-refractivity contribution is 5.24. The Hall–Kier alpha value is -0.820. The molecule has 0 heterocycles. The van der Waals surface area contributed by atoms with Gasteiger partial charge in [-0.15, -0.1) is 0 Å². The highest BCUT2D eigenvalue weighted by Gasteiger charge is 2.13. The van der Waals surface area contributed by atoms with Crippen molar-refractivity contribution in [3.63, 3.8) is 0 Å². The lowest BCUT2D eigenvalue weighted by molar-refractivity contribution is 0.528. The predicted molar refractivity (Wildman–Crippen MR) is 74.5 cm³/mol. The van der Waals surface area contributed by atoms with Crippen LogP contribution < -0.4 is 5.32 Å². The van der Waals surface area contributed by atoms with E-state index in [0.717, 1.165) is 19.0 Å². The Morgan fingerprint density at radius 3 is 2.35 bits per heavy atom. The highest BCUT2D eigenvalue weighted by Crippen LogP contribution is 2.18. The number of nitrogens with one attached hydrogen (secondary N) is 1. The summed E-state index contributed by atoms with van der Waals surface area (Å²) in [6.45, 7) is 5.62. The molecule has 0 radical (unpaired) electrons. The first kappa shape index (κ1) is 12.6. The lowest BCUT2D eigenvalue weighted by Crippen LogP contribution is -2.27. The van der Waals surface area contributed by atoms with Gasteiger partial charge in [-0.2, -0.15) is 0 Å². The van der Waals surface area contributed by atoms with E-state index < -0.39 is 0 Å². The van der Waals surface area contributed by atoms with Gasteiger partial charge in [0.05, 0.1) is 0 Å². The smallest absolute Gasteiger partial charge is 0.00671 e. The molecule has 1 aliphatic rings. The summed E-state index contributed by atoms with van der Waals surface area (Å²) in [5, 5.41) is 3.67. The van der Waals surface area contributed by atoms with Gasteiger partial charge in [-0.3, -0.25) is 0 Å². The van der Waals surface area contributed by atoms with Crippen LogP contribution in [0, 0.1) is 0 Å². The zero-order valence-corrected chi connectivity index (χ0v) is 11.2. The second kappa shape index (κ2) is 6.20. The Labute approximate surface area is 106 Å². The van der Waals surface area contributed by atoms with Crippen LogP contribution in [0.15, 0.2) is 24.3 Å². The van der Waals surface area contributed by atoms with Gasteiger partial charge < -0.3 is 5.32 Å². The van der Waals surface area contributed by atoms with Crippen molar-refractivity contribution in [2.45, 2.75) is 57.9 Å². The molecule has 1 fully saturated rings. The van der Waals surface area contributed by atoms with Crippen LogP contribution in [-0.4, -0.2) is 12.6 Å². The summed E-state index contributed by atoms with van der Waals surface area (Å²) in [4.78, 5) is 0. The molecule has 0 atom stereocenters. The van der Waals surface area contributed by atoms with E-state index in [1.54, 1.807) is 0 Å². The zero-order valence-electron chi connectivity index (χ0n) is 11.2. The number of hydrogen-bond acceptors (Lipinski definition) is 1. The second-order valence-electron chi connectivity index (χ2n) is 5.58. The van der Waals surface area contributed by atoms with Crippen molar-refractivity contribution < 1.29 is 0 Å². The molecule has 1 saturated carbocycles. The minimum absolute atomic E-state index is 0.640. The van der Waals surface area contributed by atoms with Crippen LogP contribution in [0.4, 0.5) is 0 Å². The Morgan fingerprint density at radius 2 is 1.76 bits per heavy atom. The van der Waals surface area contributed by atoms with E-state index in [1.165, 1.54) is 36.8 Å². The fourth-order valence-electron chi connectivity index (χ4n) is 2.62. The van der Waals surface area contributed by atoms with Gasteiger partial charge >= 0.3 is 0 Å². The molecule has 0 aliphatic heterocycles. The average molecular weight is 231 g/mol. The van der Waals surface area contributed by atoms with Gasteiger partial charge in [0.2, 0.25) is 0 Å². The predicted octanol–water partition coefficient (Wildman–Crippen LogP) is 3.88. The molecule has 0 aromatic heterocycles. The molecule has 0 spiro atoms. The summed E-state index contributed by atoms with van der Waals surface area (Å²) >= 11 is 0. The molecule has 1 N–H and O–H groups in total. The van der Waals surface area contributed by atoms with E-state index in [1.807, 2.05) is 0 Å². The minimum atomic E-state index is 0.640. The van der Waals surface area contributed by atoms with Crippen molar-refractivity contribution in [2.24, 2.45) is 0 Å². The Kier molecular flexibility index (Phi) is 4.61. The van der Waals surface area contributed by atoms with Crippen LogP contribution in [0.25, 0.3) is 0 Å². The van der Waals surface area contributed by atoms with Gasteiger partial charge in [0, 0.05) is 6.04 Å². The van der Waals surface area contributed by atoms with Gasteiger partial charge in [0.25, 0.3) is 0 Å². The van der Waals surface area contributed by atoms with Crippen molar-refractivity contribution in [3.8, 4) is 0 Å². The number of benzene rings is 1. The summed E-state index contributed by atoms with van der Waals surface area (Å²) < 4.78 is 0. The molecule has 0 unspecified atom stereocenters. The quantitative estimate of drug-likeness (QED) is 0.811. The third-order valence-electron chi connectivity index (χ3n) is 3.85. The van der Waals surface area contributed by atoms with E-state index in [-0.39, 0.29) is 0 Å². The first-order valence-electron chi connectivity index (χ1n) is 7.08. The molecule has 1 aliphatic carbocycles. The van der Waals surface area contributed by atoms with E-state index in [9.17, 15) is 0 Å². The first-order valence-corrected chi connectivity index (χ1v) is 7.08. The second-order valence-corrected chi connectivity index (χ2v) is 5.58. The van der Waals surface area contributed by atoms with E-state index >= 15 is 0 Å². The van der Waals surface area contributed by atoms with Crippen LogP contribution in [-0.2, 0) is 6.42 Å². The first-order chi connectivity index (χ1) is 8.25. The molecule has 94 valence electrons. The van der Waals surface area contributed by atoms with Crippen molar-refractivity contribution in [3.05, 3.63) is 35.4 Å². The summed E-state index contributed by atoms with van der Waals surface area (Å²) in [6.07, 6.45) is 6.76. The lowest BCUT2D eigenvalue weighted by atomic mass is 10.0. The third-order valence-corrected chi connectivity index (χ3v) is 3.85. The Morgan fingerprint density at radius 1 is 1.12 bits per heavy atom. The molecule has 17 heavy (non-hydrogen) atoms. The zero-order chi connectivity index (χ0) is 12.1. The van der Waals surface area contributed by atoms with E-state index in [4.69, 9.17) is 0 Å². The van der Waals surface area contributed by atoms with Crippen molar-refractivity contribution in [1.82, 2.24) is 5.32 Å². The molecule has 0 bridgehead atoms. The molecule has 2 rings (SSSR count). The number of hydrogen-bond donors (Lipinski definition) is 1. The van der Waals surface area contributed by atoms with E-state index in [2.05, 4.69) is 43.4 Å². The maximum absolute atomic E-state index is 3.67. The molecule has 1 heteroatoms. The summed E-state index contributed by atoms with van der Waals surface area (Å²) in [7, 11) is 0. The fourth-order valence-corrected chi connectivity index (χ4v) is 2.62. The normalized spacial score (nSPS) is 16.9. The van der Waals surface area contributed by atoms with E-state index in [0.29, 0.717) is 5.92 Å². The van der Waals surface area contributed by atoms with Gasteiger partial charge in [0.15, 0.2) is 0 Å². The Bertz CT molecular complexity index is 320. The molecule has 0 amide bonds. The SMILES string of the molecule is CC(C)c1ccc(CCNC2CCCC2)cc1. The molecular weight excluding hydrogens is 206 g/mol. The summed E-state index contributed by atoms with van der Waals surface area (Å²) in [5.41, 5.74) is 2.90. The van der Waals surface area contributed by atoms with Gasteiger partial charge in [0.1, 0.15) is 0 Å². The van der Waals surface area contributed by atoms with Crippen molar-refractivity contribution >= 4 is 0 Å². The van der Waals surface area contributed by atoms with Gasteiger partial charge in [-0.1, -0.05) is 51.0 Å². The molecule has 0 saturated heterocycles. The average Bonchev–Trinajstić information content (AvgIpc) is 2.83. The van der Waals surface area contributed by atoms with Crippen LogP contribution in [0.1, 0.15) is 56.6 Å². The minimum Gasteiger partial charge on any atom is -0.314 e. The van der Waals surface area contributed by atoms with Crippen LogP contribution >= 0.6 is 0 Å². The van der Waals surface area contributed by atoms with Gasteiger partial charge in [-0.05, 0) is 42.9 Å². The van der Waals surface area contributed by atoms with Crippen LogP contribution in [0.2, 0.25) is 0 Å². The topological polar surface area (TPSA) is 12.0 Å². The highest BCUT2D eigenvalue weighted by atomic mass is 14.9. The van der Waals surface area contributed by atoms with Crippen molar-refractivity contribution in [1.29, 1.82) is 0 Å². The lowest BCUT2D eigenvalue weighted by Gasteiger charge is -2.12. The van der Waals surface area contributed by atoms with Crippen LogP contribution in [0.5, 0.6) is 0 Å². The third kappa shape index (κ3) is 3.85.